The van der Waals surface area contributed by atoms with Gasteiger partial charge in [0.05, 0.1) is 30.1 Å². The molecule has 42 heavy (non-hydrogen) atoms. The minimum Gasteiger partial charge on any atom is -0.497 e. The van der Waals surface area contributed by atoms with E-state index in [-0.39, 0.29) is 17.0 Å². The molecule has 4 amide bonds. The second-order valence-corrected chi connectivity index (χ2v) is 10.6. The van der Waals surface area contributed by atoms with Gasteiger partial charge in [-0.15, -0.1) is 0 Å². The largest absolute Gasteiger partial charge is 0.497 e. The van der Waals surface area contributed by atoms with Crippen LogP contribution in [0.4, 0.5) is 11.4 Å². The molecular formula is C31H33N5O5S. The van der Waals surface area contributed by atoms with Crippen molar-refractivity contribution >= 4 is 52.5 Å². The molecule has 218 valence electrons. The number of hydrogen-bond acceptors (Lipinski definition) is 7. The number of nitrogens with one attached hydrogen (secondary N) is 2. The Balaban J connectivity index is 1.53. The zero-order chi connectivity index (χ0) is 30.2. The van der Waals surface area contributed by atoms with Crippen LogP contribution in [-0.4, -0.2) is 72.6 Å². The van der Waals surface area contributed by atoms with E-state index in [0.717, 1.165) is 0 Å². The Hall–Kier alpha value is -4.48. The predicted octanol–water partition coefficient (Wildman–Crippen LogP) is 4.05. The molecule has 1 saturated heterocycles. The normalized spacial score (nSPS) is 16.8. The second-order valence-electron chi connectivity index (χ2n) is 9.57. The van der Waals surface area contributed by atoms with Gasteiger partial charge in [-0.1, -0.05) is 30.3 Å². The maximum Gasteiger partial charge on any atom is 0.289 e. The van der Waals surface area contributed by atoms with Gasteiger partial charge in [0.2, 0.25) is 0 Å². The first-order valence-corrected chi connectivity index (χ1v) is 14.7. The Morgan fingerprint density at radius 2 is 1.64 bits per heavy atom. The summed E-state index contributed by atoms with van der Waals surface area (Å²) in [6, 6.07) is 20.8. The number of amides is 4. The fourth-order valence-corrected chi connectivity index (χ4v) is 4.91. The highest BCUT2D eigenvalue weighted by Crippen LogP contribution is 2.24. The molecule has 2 atom stereocenters. The van der Waals surface area contributed by atoms with Crippen LogP contribution < -0.4 is 20.4 Å². The van der Waals surface area contributed by atoms with Crippen LogP contribution in [0.3, 0.4) is 0 Å². The Labute approximate surface area is 249 Å². The van der Waals surface area contributed by atoms with Crippen LogP contribution in [0.15, 0.2) is 83.9 Å². The van der Waals surface area contributed by atoms with Crippen LogP contribution >= 0.6 is 11.8 Å². The third kappa shape index (κ3) is 6.87. The summed E-state index contributed by atoms with van der Waals surface area (Å²) in [5.74, 6) is -0.767. The first-order valence-electron chi connectivity index (χ1n) is 13.3. The molecule has 2 unspecified atom stereocenters. The van der Waals surface area contributed by atoms with E-state index in [4.69, 9.17) is 4.74 Å². The number of nitrogens with zero attached hydrogens (tertiary/aromatic N) is 3. The number of hydrazine groups is 1. The van der Waals surface area contributed by atoms with Crippen molar-refractivity contribution in [2.45, 2.75) is 25.4 Å². The smallest absolute Gasteiger partial charge is 0.289 e. The molecule has 0 spiro atoms. The molecule has 1 aliphatic heterocycles. The SMILES string of the molecule is COc1ccc(C(=O)Nc2ccccc2C(=O)NC(CCSC)C(=O)N=C2C(=O)N(c3ccccc3)N(C)C2C)cc1. The maximum absolute atomic E-state index is 13.4. The minimum absolute atomic E-state index is 0.0990. The summed E-state index contributed by atoms with van der Waals surface area (Å²) in [5.41, 5.74) is 1.63. The standard InChI is InChI=1S/C31H33N5O5S/c1-20-27(31(40)36(35(20)2)22-10-6-5-7-11-22)34-30(39)26(18-19-42-4)33-29(38)24-12-8-9-13-25(24)32-28(37)21-14-16-23(41-3)17-15-21/h5-17,20,26H,18-19H2,1-4H3,(H,32,37)(H,33,38). The highest BCUT2D eigenvalue weighted by molar-refractivity contribution is 7.98. The van der Waals surface area contributed by atoms with Crippen molar-refractivity contribution in [3.8, 4) is 5.75 Å². The van der Waals surface area contributed by atoms with Gasteiger partial charge in [-0.2, -0.15) is 11.8 Å². The zero-order valence-electron chi connectivity index (χ0n) is 23.9. The number of hydrogen-bond donors (Lipinski definition) is 2. The molecule has 0 aromatic heterocycles. The number of carbonyl (C=O) groups excluding carboxylic acids is 4. The number of rotatable bonds is 10. The molecule has 2 N–H and O–H groups in total. The number of para-hydroxylation sites is 2. The first-order chi connectivity index (χ1) is 20.2. The Morgan fingerprint density at radius 1 is 0.976 bits per heavy atom. The molecule has 0 saturated carbocycles. The molecule has 1 aliphatic rings. The van der Waals surface area contributed by atoms with Gasteiger partial charge in [-0.25, -0.2) is 15.0 Å². The summed E-state index contributed by atoms with van der Waals surface area (Å²) in [6.45, 7) is 1.80. The van der Waals surface area contributed by atoms with E-state index >= 15 is 0 Å². The van der Waals surface area contributed by atoms with E-state index in [1.807, 2.05) is 24.5 Å². The van der Waals surface area contributed by atoms with E-state index < -0.39 is 35.7 Å². The average Bonchev–Trinajstić information content (AvgIpc) is 3.22. The van der Waals surface area contributed by atoms with Crippen molar-refractivity contribution in [3.05, 3.63) is 90.0 Å². The maximum atomic E-state index is 13.4. The zero-order valence-corrected chi connectivity index (χ0v) is 24.7. The van der Waals surface area contributed by atoms with E-state index in [0.29, 0.717) is 29.2 Å². The minimum atomic E-state index is -0.973. The lowest BCUT2D eigenvalue weighted by molar-refractivity contribution is -0.120. The quantitative estimate of drug-likeness (QED) is 0.367. The van der Waals surface area contributed by atoms with Crippen molar-refractivity contribution in [2.24, 2.45) is 4.99 Å². The van der Waals surface area contributed by atoms with E-state index in [1.54, 1.807) is 79.6 Å². The van der Waals surface area contributed by atoms with Crippen molar-refractivity contribution in [3.63, 3.8) is 0 Å². The van der Waals surface area contributed by atoms with Gasteiger partial charge in [0.15, 0.2) is 0 Å². The fraction of sp³-hybridized carbons (Fsp3) is 0.258. The van der Waals surface area contributed by atoms with Gasteiger partial charge >= 0.3 is 0 Å². The van der Waals surface area contributed by atoms with Crippen molar-refractivity contribution < 1.29 is 23.9 Å². The average molecular weight is 588 g/mol. The molecule has 0 radical (unpaired) electrons. The molecule has 10 nitrogen and oxygen atoms in total. The number of methoxy groups -OCH3 is 1. The van der Waals surface area contributed by atoms with Gasteiger partial charge in [0, 0.05) is 12.6 Å². The Bertz CT molecular complexity index is 1480. The third-order valence-corrected chi connectivity index (χ3v) is 7.54. The first kappa shape index (κ1) is 30.5. The summed E-state index contributed by atoms with van der Waals surface area (Å²) >= 11 is 1.52. The van der Waals surface area contributed by atoms with E-state index in [1.165, 1.54) is 23.9 Å². The number of aliphatic imine (C=N–C) groups is 1. The third-order valence-electron chi connectivity index (χ3n) is 6.90. The second kappa shape index (κ2) is 13.9. The van der Waals surface area contributed by atoms with Gasteiger partial charge < -0.3 is 15.4 Å². The highest BCUT2D eigenvalue weighted by Gasteiger charge is 2.41. The number of carbonyl (C=O) groups is 4. The predicted molar refractivity (Wildman–Crippen MR) is 165 cm³/mol. The van der Waals surface area contributed by atoms with Crippen LogP contribution in [0, 0.1) is 0 Å². The molecule has 3 aromatic rings. The number of thioether (sulfide) groups is 1. The molecular weight excluding hydrogens is 554 g/mol. The van der Waals surface area contributed by atoms with Crippen LogP contribution in [0.25, 0.3) is 0 Å². The van der Waals surface area contributed by atoms with Crippen molar-refractivity contribution in [2.75, 3.05) is 36.5 Å². The summed E-state index contributed by atoms with van der Waals surface area (Å²) in [7, 11) is 3.30. The lowest BCUT2D eigenvalue weighted by atomic mass is 10.1. The van der Waals surface area contributed by atoms with Crippen molar-refractivity contribution in [1.29, 1.82) is 0 Å². The van der Waals surface area contributed by atoms with Crippen molar-refractivity contribution in [1.82, 2.24) is 10.3 Å². The molecule has 11 heteroatoms. The fourth-order valence-electron chi connectivity index (χ4n) is 4.44. The topological polar surface area (TPSA) is 120 Å². The van der Waals surface area contributed by atoms with Crippen LogP contribution in [-0.2, 0) is 9.59 Å². The summed E-state index contributed by atoms with van der Waals surface area (Å²) < 4.78 is 5.14. The number of anilines is 2. The number of ether oxygens (including phenoxy) is 1. The van der Waals surface area contributed by atoms with Gasteiger partial charge in [-0.3, -0.25) is 19.2 Å². The highest BCUT2D eigenvalue weighted by atomic mass is 32.2. The summed E-state index contributed by atoms with van der Waals surface area (Å²) in [6.07, 6.45) is 2.21. The Morgan fingerprint density at radius 3 is 2.31 bits per heavy atom. The van der Waals surface area contributed by atoms with Gasteiger partial charge in [0.1, 0.15) is 17.5 Å². The van der Waals surface area contributed by atoms with Crippen LogP contribution in [0.5, 0.6) is 5.75 Å². The molecule has 0 aliphatic carbocycles. The molecule has 4 rings (SSSR count). The Kier molecular flexibility index (Phi) is 10.1. The van der Waals surface area contributed by atoms with Gasteiger partial charge in [0.25, 0.3) is 23.6 Å². The summed E-state index contributed by atoms with van der Waals surface area (Å²) in [4.78, 5) is 57.3. The molecule has 1 heterocycles. The molecule has 0 bridgehead atoms. The number of benzene rings is 3. The monoisotopic (exact) mass is 587 g/mol. The lowest BCUT2D eigenvalue weighted by Crippen LogP contribution is -2.42. The lowest BCUT2D eigenvalue weighted by Gasteiger charge is -2.25. The molecule has 1 fully saturated rings. The van der Waals surface area contributed by atoms with Gasteiger partial charge in [-0.05, 0) is 73.9 Å². The summed E-state index contributed by atoms with van der Waals surface area (Å²) in [5, 5.41) is 8.76. The van der Waals surface area contributed by atoms with Crippen LogP contribution in [0.2, 0.25) is 0 Å². The van der Waals surface area contributed by atoms with E-state index in [9.17, 15) is 19.2 Å². The van der Waals surface area contributed by atoms with Crippen LogP contribution in [0.1, 0.15) is 34.1 Å². The van der Waals surface area contributed by atoms with E-state index in [2.05, 4.69) is 15.6 Å². The molecule has 3 aromatic carbocycles.